The van der Waals surface area contributed by atoms with Crippen molar-refractivity contribution >= 4 is 29.1 Å². The third kappa shape index (κ3) is 5.96. The summed E-state index contributed by atoms with van der Waals surface area (Å²) in [7, 11) is 0. The number of hydrogen-bond acceptors (Lipinski definition) is 9. The number of hydrogen-bond donors (Lipinski definition) is 3. The summed E-state index contributed by atoms with van der Waals surface area (Å²) in [6.45, 7) is 3.41. The van der Waals surface area contributed by atoms with Crippen LogP contribution in [0.2, 0.25) is 0 Å². The summed E-state index contributed by atoms with van der Waals surface area (Å²) in [5.41, 5.74) is 2.78. The van der Waals surface area contributed by atoms with E-state index in [-0.39, 0.29) is 6.54 Å². The van der Waals surface area contributed by atoms with Crippen LogP contribution in [0.5, 0.6) is 0 Å². The minimum atomic E-state index is -0.890. The summed E-state index contributed by atoms with van der Waals surface area (Å²) in [5.74, 6) is 0.515. The normalized spacial score (nSPS) is 14.6. The largest absolute Gasteiger partial charge is 0.378 e. The third-order valence-corrected chi connectivity index (χ3v) is 5.83. The number of rotatable bonds is 8. The van der Waals surface area contributed by atoms with E-state index in [1.165, 1.54) is 17.4 Å². The Labute approximate surface area is 191 Å². The molecule has 0 bridgehead atoms. The summed E-state index contributed by atoms with van der Waals surface area (Å²) in [5, 5.41) is 25.6. The summed E-state index contributed by atoms with van der Waals surface area (Å²) < 4.78 is 5.41. The van der Waals surface area contributed by atoms with Crippen LogP contribution in [-0.4, -0.2) is 47.9 Å². The molecule has 0 saturated carbocycles. The maximum Gasteiger partial charge on any atom is 0.228 e. The lowest BCUT2D eigenvalue weighted by atomic mass is 10.2. The number of morpholine rings is 1. The van der Waals surface area contributed by atoms with Gasteiger partial charge in [-0.25, -0.2) is 9.97 Å². The number of nitrogens with one attached hydrogen (secondary N) is 2. The highest BCUT2D eigenvalue weighted by Gasteiger charge is 2.11. The monoisotopic (exact) mass is 448 g/mol. The molecule has 2 heterocycles. The van der Waals surface area contributed by atoms with Gasteiger partial charge in [0, 0.05) is 35.6 Å². The zero-order valence-corrected chi connectivity index (χ0v) is 18.3. The van der Waals surface area contributed by atoms with E-state index >= 15 is 0 Å². The van der Waals surface area contributed by atoms with Crippen molar-refractivity contribution in [2.24, 2.45) is 0 Å². The molecule has 1 aromatic heterocycles. The van der Waals surface area contributed by atoms with Crippen molar-refractivity contribution in [1.82, 2.24) is 15.3 Å². The molecule has 0 spiro atoms. The molecule has 1 aliphatic heterocycles. The van der Waals surface area contributed by atoms with Gasteiger partial charge in [-0.2, -0.15) is 5.26 Å². The van der Waals surface area contributed by atoms with Crippen LogP contribution < -0.4 is 15.5 Å². The average molecular weight is 449 g/mol. The highest BCUT2D eigenvalue weighted by atomic mass is 32.2. The van der Waals surface area contributed by atoms with E-state index in [1.807, 2.05) is 48.5 Å². The summed E-state index contributed by atoms with van der Waals surface area (Å²) in [4.78, 5) is 12.2. The van der Waals surface area contributed by atoms with E-state index in [0.717, 1.165) is 41.9 Å². The summed E-state index contributed by atoms with van der Waals surface area (Å²) in [6.07, 6.45) is 0.825. The molecule has 1 aliphatic rings. The van der Waals surface area contributed by atoms with Crippen LogP contribution in [0, 0.1) is 11.3 Å². The molecule has 0 radical (unpaired) electrons. The number of nitriles is 1. The maximum atomic E-state index is 10.1. The van der Waals surface area contributed by atoms with Crippen LogP contribution in [0.15, 0.2) is 70.7 Å². The zero-order chi connectivity index (χ0) is 22.2. The lowest BCUT2D eigenvalue weighted by Gasteiger charge is -2.28. The van der Waals surface area contributed by atoms with Crippen LogP contribution in [0.4, 0.5) is 17.3 Å². The Morgan fingerprint density at radius 1 is 1.16 bits per heavy atom. The highest BCUT2D eigenvalue weighted by Crippen LogP contribution is 2.29. The molecule has 3 aromatic rings. The first kappa shape index (κ1) is 22.0. The molecule has 164 valence electrons. The minimum absolute atomic E-state index is 0.0763. The standard InChI is InChI=1S/C23H24N6O2S/c24-9-11-25-22(30)17-2-1-3-20(16-17)32-21-8-10-26-23(28-21)27-18-4-6-19(7-5-18)29-12-14-31-15-13-29/h1-8,10,16,22,25,30H,11-15H2,(H,26,27,28). The molecule has 8 nitrogen and oxygen atoms in total. The smallest absolute Gasteiger partial charge is 0.228 e. The molecule has 0 aliphatic carbocycles. The second-order valence-electron chi connectivity index (χ2n) is 7.11. The average Bonchev–Trinajstić information content (AvgIpc) is 2.84. The SMILES string of the molecule is N#CCNC(O)c1cccc(Sc2ccnc(Nc3ccc(N4CCOCC4)cc3)n2)c1. The Balaban J connectivity index is 1.40. The van der Waals surface area contributed by atoms with Gasteiger partial charge in [0.05, 0.1) is 25.8 Å². The number of aliphatic hydroxyl groups excluding tert-OH is 1. The fourth-order valence-electron chi connectivity index (χ4n) is 3.29. The van der Waals surface area contributed by atoms with Gasteiger partial charge in [0.2, 0.25) is 5.95 Å². The number of nitrogens with zero attached hydrogens (tertiary/aromatic N) is 4. The summed E-state index contributed by atoms with van der Waals surface area (Å²) >= 11 is 1.48. The first-order valence-electron chi connectivity index (χ1n) is 10.3. The fourth-order valence-corrected chi connectivity index (χ4v) is 4.14. The Kier molecular flexibility index (Phi) is 7.53. The molecule has 9 heteroatoms. The van der Waals surface area contributed by atoms with Crippen LogP contribution in [-0.2, 0) is 4.74 Å². The molecule has 1 fully saturated rings. The zero-order valence-electron chi connectivity index (χ0n) is 17.4. The molecule has 3 N–H and O–H groups in total. The number of anilines is 3. The second kappa shape index (κ2) is 10.9. The molecule has 4 rings (SSSR count). The molecule has 1 saturated heterocycles. The topological polar surface area (TPSA) is 106 Å². The maximum absolute atomic E-state index is 10.1. The van der Waals surface area contributed by atoms with E-state index < -0.39 is 6.23 Å². The quantitative estimate of drug-likeness (QED) is 0.272. The lowest BCUT2D eigenvalue weighted by molar-refractivity contribution is 0.122. The van der Waals surface area contributed by atoms with Crippen molar-refractivity contribution in [2.75, 3.05) is 43.1 Å². The van der Waals surface area contributed by atoms with Gasteiger partial charge >= 0.3 is 0 Å². The first-order chi connectivity index (χ1) is 15.7. The Morgan fingerprint density at radius 3 is 2.75 bits per heavy atom. The van der Waals surface area contributed by atoms with E-state index in [0.29, 0.717) is 11.5 Å². The van der Waals surface area contributed by atoms with Crippen molar-refractivity contribution in [3.63, 3.8) is 0 Å². The van der Waals surface area contributed by atoms with Crippen molar-refractivity contribution in [1.29, 1.82) is 5.26 Å². The Hall–Kier alpha value is -3.16. The van der Waals surface area contributed by atoms with Gasteiger partial charge in [-0.1, -0.05) is 23.9 Å². The van der Waals surface area contributed by atoms with E-state index in [4.69, 9.17) is 10.00 Å². The van der Waals surface area contributed by atoms with Crippen molar-refractivity contribution in [3.8, 4) is 6.07 Å². The van der Waals surface area contributed by atoms with Gasteiger partial charge in [0.25, 0.3) is 0 Å². The molecular formula is C23H24N6O2S. The summed E-state index contributed by atoms with van der Waals surface area (Å²) in [6, 6.07) is 19.5. The van der Waals surface area contributed by atoms with E-state index in [2.05, 4.69) is 37.6 Å². The molecular weight excluding hydrogens is 424 g/mol. The molecule has 0 amide bonds. The predicted molar refractivity (Wildman–Crippen MR) is 124 cm³/mol. The number of aromatic nitrogens is 2. The van der Waals surface area contributed by atoms with Crippen LogP contribution >= 0.6 is 11.8 Å². The lowest BCUT2D eigenvalue weighted by Crippen LogP contribution is -2.36. The van der Waals surface area contributed by atoms with Crippen molar-refractivity contribution < 1.29 is 9.84 Å². The van der Waals surface area contributed by atoms with Crippen LogP contribution in [0.25, 0.3) is 0 Å². The molecule has 32 heavy (non-hydrogen) atoms. The van der Waals surface area contributed by atoms with E-state index in [1.54, 1.807) is 6.20 Å². The third-order valence-electron chi connectivity index (χ3n) is 4.90. The van der Waals surface area contributed by atoms with Gasteiger partial charge < -0.3 is 20.1 Å². The van der Waals surface area contributed by atoms with Gasteiger partial charge in [-0.05, 0) is 48.0 Å². The van der Waals surface area contributed by atoms with Crippen molar-refractivity contribution in [3.05, 3.63) is 66.4 Å². The Morgan fingerprint density at radius 2 is 1.97 bits per heavy atom. The Bertz CT molecular complexity index is 1070. The molecule has 1 unspecified atom stereocenters. The highest BCUT2D eigenvalue weighted by molar-refractivity contribution is 7.99. The minimum Gasteiger partial charge on any atom is -0.378 e. The van der Waals surface area contributed by atoms with Gasteiger partial charge in [0.1, 0.15) is 11.3 Å². The van der Waals surface area contributed by atoms with Crippen LogP contribution in [0.3, 0.4) is 0 Å². The van der Waals surface area contributed by atoms with Gasteiger partial charge in [-0.3, -0.25) is 5.32 Å². The van der Waals surface area contributed by atoms with Gasteiger partial charge in [0.15, 0.2) is 0 Å². The fraction of sp³-hybridized carbons (Fsp3) is 0.261. The molecule has 1 atom stereocenters. The number of benzene rings is 2. The molecule has 2 aromatic carbocycles. The van der Waals surface area contributed by atoms with Gasteiger partial charge in [-0.15, -0.1) is 0 Å². The van der Waals surface area contributed by atoms with Crippen molar-refractivity contribution in [2.45, 2.75) is 16.1 Å². The first-order valence-corrected chi connectivity index (χ1v) is 11.1. The second-order valence-corrected chi connectivity index (χ2v) is 8.20. The predicted octanol–water partition coefficient (Wildman–Crippen LogP) is 3.31. The van der Waals surface area contributed by atoms with Crippen LogP contribution in [0.1, 0.15) is 11.8 Å². The van der Waals surface area contributed by atoms with E-state index in [9.17, 15) is 5.11 Å². The number of ether oxygens (including phenoxy) is 1. The number of aliphatic hydroxyl groups is 1.